The Kier molecular flexibility index (Phi) is 4.65. The minimum atomic E-state index is 0.186. The fourth-order valence-electron chi connectivity index (χ4n) is 3.65. The quantitative estimate of drug-likeness (QED) is 0.859. The van der Waals surface area contributed by atoms with Crippen molar-refractivity contribution in [2.75, 3.05) is 39.4 Å². The highest BCUT2D eigenvalue weighted by Gasteiger charge is 2.31. The van der Waals surface area contributed by atoms with Gasteiger partial charge in [0.1, 0.15) is 0 Å². The van der Waals surface area contributed by atoms with Gasteiger partial charge in [-0.1, -0.05) is 30.3 Å². The summed E-state index contributed by atoms with van der Waals surface area (Å²) >= 11 is 1.83. The van der Waals surface area contributed by atoms with Gasteiger partial charge in [-0.3, -0.25) is 9.69 Å². The number of amides is 1. The average Bonchev–Trinajstić information content (AvgIpc) is 3.11. The maximum Gasteiger partial charge on any atom is 0.236 e. The first-order chi connectivity index (χ1) is 11.8. The topological polar surface area (TPSA) is 32.8 Å². The summed E-state index contributed by atoms with van der Waals surface area (Å²) in [7, 11) is 0. The fraction of sp³-hybridized carbons (Fsp3) is 0.421. The molecule has 0 unspecified atom stereocenters. The molecule has 24 heavy (non-hydrogen) atoms. The summed E-state index contributed by atoms with van der Waals surface area (Å²) in [6.45, 7) is 4.15. The molecule has 0 saturated carbocycles. The molecule has 3 heterocycles. The van der Waals surface area contributed by atoms with Gasteiger partial charge < -0.3 is 9.64 Å². The van der Waals surface area contributed by atoms with Crippen LogP contribution < -0.4 is 0 Å². The van der Waals surface area contributed by atoms with E-state index in [1.807, 2.05) is 22.3 Å². The summed E-state index contributed by atoms with van der Waals surface area (Å²) in [4.78, 5) is 18.5. The summed E-state index contributed by atoms with van der Waals surface area (Å²) in [6.07, 6.45) is 1.03. The van der Waals surface area contributed by atoms with Crippen molar-refractivity contribution in [2.24, 2.45) is 0 Å². The van der Waals surface area contributed by atoms with Gasteiger partial charge in [-0.05, 0) is 29.0 Å². The van der Waals surface area contributed by atoms with Crippen molar-refractivity contribution in [3.8, 4) is 0 Å². The van der Waals surface area contributed by atoms with Gasteiger partial charge in [0.05, 0.1) is 25.8 Å². The van der Waals surface area contributed by atoms with Crippen LogP contribution in [-0.4, -0.2) is 55.1 Å². The van der Waals surface area contributed by atoms with Crippen LogP contribution in [0.4, 0.5) is 0 Å². The third-order valence-corrected chi connectivity index (χ3v) is 5.88. The minimum absolute atomic E-state index is 0.186. The first-order valence-corrected chi connectivity index (χ1v) is 9.41. The summed E-state index contributed by atoms with van der Waals surface area (Å²) in [6, 6.07) is 13.0. The standard InChI is InChI=1S/C19H22N2O2S/c22-18(20-9-11-23-12-10-20)14-21-8-6-17-16(7-13-24-17)19(21)15-4-2-1-3-5-15/h1-5,7,13,19H,6,8-12,14H2/t19-/m0/s1. The number of hydrogen-bond donors (Lipinski definition) is 0. The Hall–Kier alpha value is -1.69. The first-order valence-electron chi connectivity index (χ1n) is 8.54. The lowest BCUT2D eigenvalue weighted by atomic mass is 9.93. The number of fused-ring (bicyclic) bond motifs is 1. The smallest absolute Gasteiger partial charge is 0.236 e. The van der Waals surface area contributed by atoms with Crippen LogP contribution in [0.15, 0.2) is 41.8 Å². The van der Waals surface area contributed by atoms with Crippen LogP contribution in [0.2, 0.25) is 0 Å². The Bertz CT molecular complexity index is 694. The normalized spacial score (nSPS) is 21.5. The van der Waals surface area contributed by atoms with Crippen molar-refractivity contribution in [1.29, 1.82) is 0 Å². The maximum atomic E-state index is 12.7. The van der Waals surface area contributed by atoms with Gasteiger partial charge in [0.25, 0.3) is 0 Å². The molecule has 0 aliphatic carbocycles. The van der Waals surface area contributed by atoms with E-state index in [4.69, 9.17) is 4.74 Å². The van der Waals surface area contributed by atoms with Gasteiger partial charge in [-0.2, -0.15) is 0 Å². The number of benzene rings is 1. The van der Waals surface area contributed by atoms with E-state index in [1.165, 1.54) is 16.0 Å². The van der Waals surface area contributed by atoms with Crippen molar-refractivity contribution in [3.63, 3.8) is 0 Å². The van der Waals surface area contributed by atoms with Crippen LogP contribution >= 0.6 is 11.3 Å². The van der Waals surface area contributed by atoms with Crippen LogP contribution in [0.5, 0.6) is 0 Å². The highest BCUT2D eigenvalue weighted by molar-refractivity contribution is 7.10. The molecule has 5 heteroatoms. The zero-order valence-corrected chi connectivity index (χ0v) is 14.5. The van der Waals surface area contributed by atoms with Crippen LogP contribution in [0.3, 0.4) is 0 Å². The molecule has 4 nitrogen and oxygen atoms in total. The molecule has 4 rings (SSSR count). The molecule has 1 atom stereocenters. The van der Waals surface area contributed by atoms with Crippen molar-refractivity contribution in [1.82, 2.24) is 9.80 Å². The highest BCUT2D eigenvalue weighted by Crippen LogP contribution is 2.37. The number of ether oxygens (including phenoxy) is 1. The number of nitrogens with zero attached hydrogens (tertiary/aromatic N) is 2. The highest BCUT2D eigenvalue weighted by atomic mass is 32.1. The Balaban J connectivity index is 1.58. The van der Waals surface area contributed by atoms with Gasteiger partial charge in [-0.15, -0.1) is 11.3 Å². The van der Waals surface area contributed by atoms with Crippen LogP contribution in [0.1, 0.15) is 22.0 Å². The summed E-state index contributed by atoms with van der Waals surface area (Å²) < 4.78 is 5.36. The number of rotatable bonds is 3. The molecular formula is C19H22N2O2S. The first kappa shape index (κ1) is 15.8. The third kappa shape index (κ3) is 3.11. The van der Waals surface area contributed by atoms with Crippen molar-refractivity contribution in [3.05, 3.63) is 57.8 Å². The van der Waals surface area contributed by atoms with E-state index >= 15 is 0 Å². The van der Waals surface area contributed by atoms with E-state index in [9.17, 15) is 4.79 Å². The number of hydrogen-bond acceptors (Lipinski definition) is 4. The molecule has 2 aliphatic rings. The maximum absolute atomic E-state index is 12.7. The van der Waals surface area contributed by atoms with Crippen LogP contribution in [0.25, 0.3) is 0 Å². The second-order valence-corrected chi connectivity index (χ2v) is 7.33. The van der Waals surface area contributed by atoms with Gasteiger partial charge in [0.2, 0.25) is 5.91 Å². The molecule has 0 radical (unpaired) electrons. The second kappa shape index (κ2) is 7.05. The minimum Gasteiger partial charge on any atom is -0.378 e. The van der Waals surface area contributed by atoms with E-state index in [2.05, 4.69) is 40.6 Å². The van der Waals surface area contributed by atoms with E-state index < -0.39 is 0 Å². The molecule has 1 aromatic carbocycles. The number of carbonyl (C=O) groups excluding carboxylic acids is 1. The molecule has 1 amide bonds. The molecule has 0 N–H and O–H groups in total. The number of carbonyl (C=O) groups is 1. The lowest BCUT2D eigenvalue weighted by Crippen LogP contribution is -2.47. The monoisotopic (exact) mass is 342 g/mol. The molecule has 1 saturated heterocycles. The lowest BCUT2D eigenvalue weighted by Gasteiger charge is -2.37. The van der Waals surface area contributed by atoms with Crippen LogP contribution in [0, 0.1) is 0 Å². The summed E-state index contributed by atoms with van der Waals surface area (Å²) in [5.41, 5.74) is 2.64. The fourth-order valence-corrected chi connectivity index (χ4v) is 4.55. The van der Waals surface area contributed by atoms with E-state index in [1.54, 1.807) is 0 Å². The van der Waals surface area contributed by atoms with Gasteiger partial charge in [-0.25, -0.2) is 0 Å². The van der Waals surface area contributed by atoms with E-state index in [-0.39, 0.29) is 11.9 Å². The zero-order chi connectivity index (χ0) is 16.4. The summed E-state index contributed by atoms with van der Waals surface area (Å²) in [5.74, 6) is 0.220. The van der Waals surface area contributed by atoms with Gasteiger partial charge >= 0.3 is 0 Å². The average molecular weight is 342 g/mol. The largest absolute Gasteiger partial charge is 0.378 e. The predicted molar refractivity (Wildman–Crippen MR) is 95.3 cm³/mol. The predicted octanol–water partition coefficient (Wildman–Crippen LogP) is 2.55. The third-order valence-electron chi connectivity index (χ3n) is 4.88. The second-order valence-electron chi connectivity index (χ2n) is 6.33. The molecule has 126 valence electrons. The van der Waals surface area contributed by atoms with Crippen molar-refractivity contribution >= 4 is 17.2 Å². The van der Waals surface area contributed by atoms with E-state index in [0.717, 1.165) is 13.0 Å². The molecule has 1 aromatic heterocycles. The SMILES string of the molecule is O=C(CN1CCc2sccc2[C@@H]1c1ccccc1)N1CCOCC1. The summed E-state index contributed by atoms with van der Waals surface area (Å²) in [5, 5.41) is 2.17. The molecule has 2 aromatic rings. The molecule has 0 bridgehead atoms. The van der Waals surface area contributed by atoms with Crippen molar-refractivity contribution in [2.45, 2.75) is 12.5 Å². The number of thiophene rings is 1. The van der Waals surface area contributed by atoms with Crippen LogP contribution in [-0.2, 0) is 16.0 Å². The Labute approximate surface area is 146 Å². The Morgan fingerprint density at radius 1 is 1.12 bits per heavy atom. The van der Waals surface area contributed by atoms with Gasteiger partial charge in [0, 0.05) is 24.5 Å². The van der Waals surface area contributed by atoms with Crippen molar-refractivity contribution < 1.29 is 9.53 Å². The molecule has 0 spiro atoms. The number of morpholine rings is 1. The van der Waals surface area contributed by atoms with Gasteiger partial charge in [0.15, 0.2) is 0 Å². The Morgan fingerprint density at radius 3 is 2.71 bits per heavy atom. The molecular weight excluding hydrogens is 320 g/mol. The Morgan fingerprint density at radius 2 is 1.92 bits per heavy atom. The lowest BCUT2D eigenvalue weighted by molar-refractivity contribution is -0.137. The molecule has 1 fully saturated rings. The zero-order valence-electron chi connectivity index (χ0n) is 13.7. The van der Waals surface area contributed by atoms with E-state index in [0.29, 0.717) is 32.8 Å². The molecule has 2 aliphatic heterocycles.